The first kappa shape index (κ1) is 13.1. The molecule has 1 aromatic heterocycles. The molecule has 2 aliphatic heterocycles. The average molecular weight is 279 g/mol. The topological polar surface area (TPSA) is 75.3 Å². The first-order valence-corrected chi connectivity index (χ1v) is 6.89. The number of hydrogen-bond donors (Lipinski definition) is 1. The highest BCUT2D eigenvalue weighted by atomic mass is 19.1. The Bertz CT molecular complexity index is 497. The molecule has 0 spiro atoms. The van der Waals surface area contributed by atoms with Crippen molar-refractivity contribution in [3.63, 3.8) is 0 Å². The monoisotopic (exact) mass is 279 g/mol. The molecule has 2 N–H and O–H groups in total. The van der Waals surface area contributed by atoms with E-state index >= 15 is 0 Å². The number of alkyl halides is 1. The number of nitrogens with zero attached hydrogens (tertiary/aromatic N) is 4. The zero-order chi connectivity index (χ0) is 14.1. The molecule has 2 saturated heterocycles. The van der Waals surface area contributed by atoms with Crippen molar-refractivity contribution in [1.82, 2.24) is 15.1 Å². The van der Waals surface area contributed by atoms with Gasteiger partial charge in [0, 0.05) is 19.0 Å². The van der Waals surface area contributed by atoms with Crippen molar-refractivity contribution in [1.29, 1.82) is 0 Å². The minimum absolute atomic E-state index is 0.00905. The lowest BCUT2D eigenvalue weighted by Gasteiger charge is -2.40. The van der Waals surface area contributed by atoms with Crippen LogP contribution < -0.4 is 10.6 Å². The number of carbonyl (C=O) groups is 1. The van der Waals surface area contributed by atoms with Crippen molar-refractivity contribution >= 4 is 17.3 Å². The predicted octanol–water partition coefficient (Wildman–Crippen LogP) is 0.455. The summed E-state index contributed by atoms with van der Waals surface area (Å²) in [6.45, 7) is 2.05. The Hall–Kier alpha value is -1.92. The third-order valence-corrected chi connectivity index (χ3v) is 4.07. The summed E-state index contributed by atoms with van der Waals surface area (Å²) in [4.78, 5) is 15.9. The quantitative estimate of drug-likeness (QED) is 0.851. The fraction of sp³-hybridized carbons (Fsp3) is 0.615. The molecular weight excluding hydrogens is 261 g/mol. The second-order valence-corrected chi connectivity index (χ2v) is 5.43. The van der Waals surface area contributed by atoms with Gasteiger partial charge in [0.25, 0.3) is 0 Å². The smallest absolute Gasteiger partial charge is 0.226 e. The van der Waals surface area contributed by atoms with Gasteiger partial charge in [0.2, 0.25) is 5.91 Å². The molecular formula is C13H18FN5O. The van der Waals surface area contributed by atoms with Crippen LogP contribution >= 0.6 is 0 Å². The van der Waals surface area contributed by atoms with Crippen LogP contribution in [0.5, 0.6) is 0 Å². The van der Waals surface area contributed by atoms with E-state index in [0.717, 1.165) is 31.6 Å². The van der Waals surface area contributed by atoms with Gasteiger partial charge in [0.15, 0.2) is 0 Å². The van der Waals surface area contributed by atoms with Crippen LogP contribution in [-0.2, 0) is 4.79 Å². The minimum atomic E-state index is -0.832. The predicted molar refractivity (Wildman–Crippen MR) is 72.9 cm³/mol. The molecule has 0 unspecified atom stereocenters. The number of rotatable bonds is 2. The number of amides is 1. The summed E-state index contributed by atoms with van der Waals surface area (Å²) < 4.78 is 12.8. The van der Waals surface area contributed by atoms with E-state index in [2.05, 4.69) is 15.1 Å². The maximum atomic E-state index is 12.8. The minimum Gasteiger partial charge on any atom is -0.396 e. The summed E-state index contributed by atoms with van der Waals surface area (Å²) in [7, 11) is 0. The van der Waals surface area contributed by atoms with E-state index in [-0.39, 0.29) is 24.9 Å². The van der Waals surface area contributed by atoms with Crippen molar-refractivity contribution in [2.45, 2.75) is 19.0 Å². The van der Waals surface area contributed by atoms with Gasteiger partial charge >= 0.3 is 0 Å². The van der Waals surface area contributed by atoms with Gasteiger partial charge < -0.3 is 15.5 Å². The van der Waals surface area contributed by atoms with Crippen molar-refractivity contribution in [3.8, 4) is 0 Å². The Labute approximate surface area is 116 Å². The van der Waals surface area contributed by atoms with Gasteiger partial charge in [-0.3, -0.25) is 4.79 Å². The van der Waals surface area contributed by atoms with Crippen molar-refractivity contribution in [3.05, 3.63) is 12.4 Å². The second-order valence-electron chi connectivity index (χ2n) is 5.43. The largest absolute Gasteiger partial charge is 0.396 e. The van der Waals surface area contributed by atoms with Gasteiger partial charge in [-0.1, -0.05) is 0 Å². The van der Waals surface area contributed by atoms with Gasteiger partial charge in [0.1, 0.15) is 6.17 Å². The number of anilines is 2. The maximum absolute atomic E-state index is 12.8. The lowest BCUT2D eigenvalue weighted by atomic mass is 9.93. The first-order chi connectivity index (χ1) is 9.65. The fourth-order valence-electron chi connectivity index (χ4n) is 2.82. The third-order valence-electron chi connectivity index (χ3n) is 4.07. The second kappa shape index (κ2) is 5.22. The Kier molecular flexibility index (Phi) is 3.42. The summed E-state index contributed by atoms with van der Waals surface area (Å²) in [5.74, 6) is 0.106. The molecule has 2 aliphatic rings. The third kappa shape index (κ3) is 2.39. The van der Waals surface area contributed by atoms with E-state index in [1.165, 1.54) is 6.20 Å². The highest BCUT2D eigenvalue weighted by molar-refractivity contribution is 5.80. The Morgan fingerprint density at radius 2 is 1.90 bits per heavy atom. The lowest BCUT2D eigenvalue weighted by Crippen LogP contribution is -2.54. The molecule has 0 aromatic carbocycles. The Balaban J connectivity index is 1.57. The van der Waals surface area contributed by atoms with E-state index in [0.29, 0.717) is 5.69 Å². The standard InChI is InChI=1S/C13H18FN5O/c14-10-7-19(8-10)13(20)9-1-3-18(4-2-9)12-6-17-16-5-11(12)15/h5-6,9-10H,1-4,7-8H2,(H2,15,17). The van der Waals surface area contributed by atoms with Crippen LogP contribution in [0.15, 0.2) is 12.4 Å². The van der Waals surface area contributed by atoms with E-state index in [1.807, 2.05) is 0 Å². The molecule has 6 nitrogen and oxygen atoms in total. The summed E-state index contributed by atoms with van der Waals surface area (Å²) in [6, 6.07) is 0. The maximum Gasteiger partial charge on any atom is 0.226 e. The number of nitrogens with two attached hydrogens (primary N) is 1. The van der Waals surface area contributed by atoms with E-state index in [4.69, 9.17) is 5.73 Å². The first-order valence-electron chi connectivity index (χ1n) is 6.89. The molecule has 0 saturated carbocycles. The fourth-order valence-corrected chi connectivity index (χ4v) is 2.82. The van der Waals surface area contributed by atoms with Crippen molar-refractivity contribution in [2.75, 3.05) is 36.8 Å². The SMILES string of the molecule is Nc1cnncc1N1CCC(C(=O)N2CC(F)C2)CC1. The molecule has 3 heterocycles. The normalized spacial score (nSPS) is 20.9. The highest BCUT2D eigenvalue weighted by Gasteiger charge is 2.35. The van der Waals surface area contributed by atoms with E-state index < -0.39 is 6.17 Å². The molecule has 7 heteroatoms. The Morgan fingerprint density at radius 3 is 2.50 bits per heavy atom. The van der Waals surface area contributed by atoms with Crippen LogP contribution in [0, 0.1) is 5.92 Å². The number of nitrogen functional groups attached to an aromatic ring is 1. The van der Waals surface area contributed by atoms with Crippen LogP contribution in [0.25, 0.3) is 0 Å². The average Bonchev–Trinajstić information content (AvgIpc) is 2.44. The van der Waals surface area contributed by atoms with Gasteiger partial charge in [-0.2, -0.15) is 10.2 Å². The summed E-state index contributed by atoms with van der Waals surface area (Å²) in [5.41, 5.74) is 7.36. The molecule has 0 radical (unpaired) electrons. The molecule has 2 fully saturated rings. The zero-order valence-corrected chi connectivity index (χ0v) is 11.2. The molecule has 20 heavy (non-hydrogen) atoms. The molecule has 1 aromatic rings. The molecule has 0 bridgehead atoms. The summed E-state index contributed by atoms with van der Waals surface area (Å²) >= 11 is 0. The van der Waals surface area contributed by atoms with Crippen LogP contribution in [0.1, 0.15) is 12.8 Å². The summed E-state index contributed by atoms with van der Waals surface area (Å²) in [5, 5.41) is 7.58. The van der Waals surface area contributed by atoms with Gasteiger partial charge in [0.05, 0.1) is 36.9 Å². The molecule has 1 amide bonds. The Morgan fingerprint density at radius 1 is 1.25 bits per heavy atom. The number of likely N-dealkylation sites (tertiary alicyclic amines) is 1. The van der Waals surface area contributed by atoms with E-state index in [1.54, 1.807) is 11.1 Å². The van der Waals surface area contributed by atoms with Crippen LogP contribution in [0.2, 0.25) is 0 Å². The molecule has 3 rings (SSSR count). The zero-order valence-electron chi connectivity index (χ0n) is 11.2. The number of piperidine rings is 1. The van der Waals surface area contributed by atoms with Crippen LogP contribution in [0.3, 0.4) is 0 Å². The number of aromatic nitrogens is 2. The number of hydrogen-bond acceptors (Lipinski definition) is 5. The lowest BCUT2D eigenvalue weighted by molar-refractivity contribution is -0.143. The molecule has 108 valence electrons. The summed E-state index contributed by atoms with van der Waals surface area (Å²) in [6.07, 6.45) is 3.90. The van der Waals surface area contributed by atoms with Gasteiger partial charge in [-0.25, -0.2) is 4.39 Å². The highest BCUT2D eigenvalue weighted by Crippen LogP contribution is 2.28. The van der Waals surface area contributed by atoms with Gasteiger partial charge in [-0.15, -0.1) is 0 Å². The van der Waals surface area contributed by atoms with Crippen molar-refractivity contribution in [2.24, 2.45) is 5.92 Å². The van der Waals surface area contributed by atoms with Crippen LogP contribution in [-0.4, -0.2) is 53.4 Å². The van der Waals surface area contributed by atoms with Gasteiger partial charge in [-0.05, 0) is 12.8 Å². The number of carbonyl (C=O) groups excluding carboxylic acids is 1. The van der Waals surface area contributed by atoms with E-state index in [9.17, 15) is 9.18 Å². The molecule has 0 aliphatic carbocycles. The molecule has 0 atom stereocenters. The van der Waals surface area contributed by atoms with Crippen molar-refractivity contribution < 1.29 is 9.18 Å². The van der Waals surface area contributed by atoms with Crippen LogP contribution in [0.4, 0.5) is 15.8 Å². The number of halogens is 1.